The predicted molar refractivity (Wildman–Crippen MR) is 62.2 cm³/mol. The van der Waals surface area contributed by atoms with E-state index in [0.29, 0.717) is 11.3 Å². The highest BCUT2D eigenvalue weighted by molar-refractivity contribution is 5.95. The van der Waals surface area contributed by atoms with Crippen LogP contribution in [0.15, 0.2) is 24.3 Å². The summed E-state index contributed by atoms with van der Waals surface area (Å²) in [6.45, 7) is -0.0539. The van der Waals surface area contributed by atoms with Crippen molar-refractivity contribution in [1.82, 2.24) is 5.32 Å². The number of anilines is 1. The first-order valence-corrected chi connectivity index (χ1v) is 4.84. The number of carbonyl (C=O) groups is 2. The van der Waals surface area contributed by atoms with Crippen LogP contribution in [-0.2, 0) is 4.79 Å². The van der Waals surface area contributed by atoms with Crippen LogP contribution in [0.4, 0.5) is 10.5 Å². The highest BCUT2D eigenvalue weighted by Crippen LogP contribution is 2.17. The number of likely N-dealkylation sites (N-methyl/N-ethyl adjacent to an activating group) is 1. The summed E-state index contributed by atoms with van der Waals surface area (Å²) in [4.78, 5) is 23.3. The Hall–Kier alpha value is -2.55. The molecule has 0 aromatic heterocycles. The van der Waals surface area contributed by atoms with E-state index >= 15 is 0 Å². The zero-order valence-electron chi connectivity index (χ0n) is 9.30. The first-order chi connectivity index (χ1) is 8.04. The van der Waals surface area contributed by atoms with Crippen LogP contribution in [0.2, 0.25) is 0 Å². The van der Waals surface area contributed by atoms with Gasteiger partial charge in [-0.25, -0.2) is 4.79 Å². The Morgan fingerprint density at radius 3 is 2.71 bits per heavy atom. The van der Waals surface area contributed by atoms with Crippen molar-refractivity contribution in [1.29, 1.82) is 5.26 Å². The number of carbonyl (C=O) groups excluding carboxylic acids is 2. The van der Waals surface area contributed by atoms with Crippen LogP contribution in [0, 0.1) is 11.3 Å². The topological polar surface area (TPSA) is 99.2 Å². The molecule has 0 fully saturated rings. The summed E-state index contributed by atoms with van der Waals surface area (Å²) in [5.41, 5.74) is 5.90. The summed E-state index contributed by atoms with van der Waals surface area (Å²) in [6, 6.07) is 8.00. The monoisotopic (exact) mass is 232 g/mol. The second-order valence-corrected chi connectivity index (χ2v) is 3.40. The maximum atomic E-state index is 11.3. The van der Waals surface area contributed by atoms with Gasteiger partial charge in [-0.2, -0.15) is 5.26 Å². The summed E-state index contributed by atoms with van der Waals surface area (Å²) in [6.07, 6.45) is 0. The number of rotatable bonds is 3. The number of amides is 3. The summed E-state index contributed by atoms with van der Waals surface area (Å²) < 4.78 is 0. The van der Waals surface area contributed by atoms with Crippen molar-refractivity contribution in [2.75, 3.05) is 18.5 Å². The van der Waals surface area contributed by atoms with Gasteiger partial charge in [-0.05, 0) is 12.1 Å². The number of primary amides is 1. The van der Waals surface area contributed by atoms with Crippen molar-refractivity contribution in [3.63, 3.8) is 0 Å². The highest BCUT2D eigenvalue weighted by atomic mass is 16.2. The normalized spacial score (nSPS) is 9.18. The van der Waals surface area contributed by atoms with Gasteiger partial charge in [0.1, 0.15) is 6.07 Å². The minimum absolute atomic E-state index is 0.0539. The summed E-state index contributed by atoms with van der Waals surface area (Å²) in [7, 11) is 1.65. The van der Waals surface area contributed by atoms with E-state index in [1.807, 2.05) is 11.4 Å². The molecule has 6 heteroatoms. The maximum absolute atomic E-state index is 11.3. The molecule has 0 aliphatic carbocycles. The lowest BCUT2D eigenvalue weighted by atomic mass is 10.2. The van der Waals surface area contributed by atoms with Gasteiger partial charge in [0.05, 0.1) is 17.8 Å². The largest absolute Gasteiger partial charge is 0.364 e. The number of hydrogen-bond acceptors (Lipinski definition) is 4. The molecule has 0 unspecified atom stereocenters. The van der Waals surface area contributed by atoms with Gasteiger partial charge in [0.2, 0.25) is 5.91 Å². The van der Waals surface area contributed by atoms with Crippen molar-refractivity contribution in [2.45, 2.75) is 0 Å². The van der Waals surface area contributed by atoms with Crippen molar-refractivity contribution < 1.29 is 9.59 Å². The number of para-hydroxylation sites is 1. The quantitative estimate of drug-likeness (QED) is 0.776. The summed E-state index contributed by atoms with van der Waals surface area (Å²) in [5, 5.41) is 10.9. The molecule has 88 valence electrons. The first-order valence-electron chi connectivity index (χ1n) is 4.84. The second-order valence-electron chi connectivity index (χ2n) is 3.40. The molecule has 0 saturated carbocycles. The van der Waals surface area contributed by atoms with Gasteiger partial charge in [0.15, 0.2) is 0 Å². The third-order valence-corrected chi connectivity index (χ3v) is 2.08. The molecule has 0 atom stereocenters. The molecule has 0 radical (unpaired) electrons. The van der Waals surface area contributed by atoms with Crippen molar-refractivity contribution in [2.24, 2.45) is 5.73 Å². The van der Waals surface area contributed by atoms with E-state index in [1.54, 1.807) is 36.2 Å². The van der Waals surface area contributed by atoms with Gasteiger partial charge < -0.3 is 10.6 Å². The molecule has 0 bridgehead atoms. The Kier molecular flexibility index (Phi) is 4.06. The fourth-order valence-electron chi connectivity index (χ4n) is 1.38. The number of urea groups is 1. The van der Waals surface area contributed by atoms with E-state index < -0.39 is 11.9 Å². The van der Waals surface area contributed by atoms with Crippen molar-refractivity contribution in [3.8, 4) is 6.07 Å². The molecule has 1 aromatic carbocycles. The lowest BCUT2D eigenvalue weighted by molar-refractivity contribution is -0.118. The fraction of sp³-hybridized carbons (Fsp3) is 0.182. The molecule has 0 saturated heterocycles. The van der Waals surface area contributed by atoms with E-state index in [2.05, 4.69) is 0 Å². The van der Waals surface area contributed by atoms with E-state index in [4.69, 9.17) is 11.0 Å². The number of nitriles is 1. The molecule has 0 spiro atoms. The number of benzene rings is 1. The van der Waals surface area contributed by atoms with Crippen molar-refractivity contribution >= 4 is 17.6 Å². The highest BCUT2D eigenvalue weighted by Gasteiger charge is 2.11. The molecular formula is C11H12N4O2. The van der Waals surface area contributed by atoms with Gasteiger partial charge >= 0.3 is 6.03 Å². The average Bonchev–Trinajstić information content (AvgIpc) is 2.27. The minimum Gasteiger partial charge on any atom is -0.364 e. The Morgan fingerprint density at radius 2 is 2.12 bits per heavy atom. The van der Waals surface area contributed by atoms with E-state index in [9.17, 15) is 9.59 Å². The Bertz CT molecular complexity index is 479. The van der Waals surface area contributed by atoms with Crippen LogP contribution < -0.4 is 16.0 Å². The molecule has 3 amide bonds. The predicted octanol–water partition coefficient (Wildman–Crippen LogP) is 0.189. The number of nitrogens with two attached hydrogens (primary N) is 1. The fourth-order valence-corrected chi connectivity index (χ4v) is 1.38. The van der Waals surface area contributed by atoms with E-state index in [0.717, 1.165) is 0 Å². The van der Waals surface area contributed by atoms with Gasteiger partial charge in [0, 0.05) is 7.05 Å². The molecule has 17 heavy (non-hydrogen) atoms. The summed E-state index contributed by atoms with van der Waals surface area (Å²) >= 11 is 0. The van der Waals surface area contributed by atoms with Crippen LogP contribution in [0.5, 0.6) is 0 Å². The maximum Gasteiger partial charge on any atom is 0.318 e. The third kappa shape index (κ3) is 3.50. The van der Waals surface area contributed by atoms with E-state index in [-0.39, 0.29) is 6.54 Å². The van der Waals surface area contributed by atoms with Crippen LogP contribution in [0.1, 0.15) is 5.56 Å². The van der Waals surface area contributed by atoms with Gasteiger partial charge in [0.25, 0.3) is 0 Å². The number of nitrogens with zero attached hydrogens (tertiary/aromatic N) is 2. The zero-order valence-corrected chi connectivity index (χ0v) is 9.30. The summed E-state index contributed by atoms with van der Waals surface area (Å²) in [5.74, 6) is -0.521. The Balaban J connectivity index is 2.77. The number of nitrogens with one attached hydrogen (secondary N) is 1. The standard InChI is InChI=1S/C11H12N4O2/c1-15(7-10(16)14-11(13)17)9-5-3-2-4-8(9)6-12/h2-5H,7H2,1H3,(H3,13,14,16,17). The molecule has 0 heterocycles. The third-order valence-electron chi connectivity index (χ3n) is 2.08. The van der Waals surface area contributed by atoms with Crippen LogP contribution in [0.25, 0.3) is 0 Å². The molecule has 1 aromatic rings. The van der Waals surface area contributed by atoms with Crippen LogP contribution in [-0.4, -0.2) is 25.5 Å². The van der Waals surface area contributed by atoms with E-state index in [1.165, 1.54) is 0 Å². The van der Waals surface area contributed by atoms with Gasteiger partial charge in [-0.3, -0.25) is 10.1 Å². The second kappa shape index (κ2) is 5.51. The molecular weight excluding hydrogens is 220 g/mol. The zero-order chi connectivity index (χ0) is 12.8. The lowest BCUT2D eigenvalue weighted by Gasteiger charge is -2.19. The number of hydrogen-bond donors (Lipinski definition) is 2. The average molecular weight is 232 g/mol. The van der Waals surface area contributed by atoms with Crippen molar-refractivity contribution in [3.05, 3.63) is 29.8 Å². The number of imide groups is 1. The molecule has 0 aliphatic rings. The Labute approximate surface area is 98.6 Å². The lowest BCUT2D eigenvalue weighted by Crippen LogP contribution is -2.41. The first kappa shape index (κ1) is 12.5. The van der Waals surface area contributed by atoms with Crippen LogP contribution in [0.3, 0.4) is 0 Å². The molecule has 0 aliphatic heterocycles. The smallest absolute Gasteiger partial charge is 0.318 e. The van der Waals surface area contributed by atoms with Gasteiger partial charge in [-0.1, -0.05) is 12.1 Å². The SMILES string of the molecule is CN(CC(=O)NC(N)=O)c1ccccc1C#N. The van der Waals surface area contributed by atoms with Crippen LogP contribution >= 0.6 is 0 Å². The van der Waals surface area contributed by atoms with Gasteiger partial charge in [-0.15, -0.1) is 0 Å². The Morgan fingerprint density at radius 1 is 1.47 bits per heavy atom. The minimum atomic E-state index is -0.892. The molecule has 3 N–H and O–H groups in total. The molecule has 1 rings (SSSR count). The molecule has 6 nitrogen and oxygen atoms in total.